The number of amides is 1. The van der Waals surface area contributed by atoms with Crippen molar-refractivity contribution in [3.63, 3.8) is 0 Å². The lowest BCUT2D eigenvalue weighted by molar-refractivity contribution is -0.128. The maximum atomic E-state index is 12.0. The molecule has 2 atom stereocenters. The molecule has 1 amide bonds. The highest BCUT2D eigenvalue weighted by Crippen LogP contribution is 2.17. The van der Waals surface area contributed by atoms with E-state index in [9.17, 15) is 4.79 Å². The molecule has 0 radical (unpaired) electrons. The lowest BCUT2D eigenvalue weighted by Gasteiger charge is -2.21. The first-order chi connectivity index (χ1) is 8.81. The van der Waals surface area contributed by atoms with E-state index in [1.165, 1.54) is 11.1 Å². The van der Waals surface area contributed by atoms with Crippen LogP contribution >= 0.6 is 0 Å². The summed E-state index contributed by atoms with van der Waals surface area (Å²) in [4.78, 5) is 12.0. The third-order valence-electron chi connectivity index (χ3n) is 3.53. The lowest BCUT2D eigenvalue weighted by Crippen LogP contribution is -2.43. The van der Waals surface area contributed by atoms with Crippen LogP contribution in [0.15, 0.2) is 18.2 Å². The van der Waals surface area contributed by atoms with Gasteiger partial charge in [0.05, 0.1) is 0 Å². The number of hydrogen-bond donors (Lipinski definition) is 1. The number of benzene rings is 1. The SMILES string of the molecule is Cc1ccc(O[C@@H](C)C(=O)N[C@@H](C)C(C)C)cc1C. The van der Waals surface area contributed by atoms with E-state index in [0.29, 0.717) is 5.92 Å². The molecule has 0 heterocycles. The van der Waals surface area contributed by atoms with Crippen LogP contribution in [0.4, 0.5) is 0 Å². The largest absolute Gasteiger partial charge is 0.481 e. The van der Waals surface area contributed by atoms with Crippen LogP contribution in [-0.2, 0) is 4.79 Å². The van der Waals surface area contributed by atoms with E-state index in [4.69, 9.17) is 4.74 Å². The predicted octanol–water partition coefficient (Wildman–Crippen LogP) is 3.23. The molecule has 1 aromatic rings. The highest BCUT2D eigenvalue weighted by atomic mass is 16.5. The van der Waals surface area contributed by atoms with Crippen molar-refractivity contribution < 1.29 is 9.53 Å². The van der Waals surface area contributed by atoms with Gasteiger partial charge in [-0.3, -0.25) is 4.79 Å². The number of ether oxygens (including phenoxy) is 1. The number of hydrogen-bond acceptors (Lipinski definition) is 2. The number of aryl methyl sites for hydroxylation is 2. The van der Waals surface area contributed by atoms with E-state index >= 15 is 0 Å². The molecule has 19 heavy (non-hydrogen) atoms. The zero-order valence-electron chi connectivity index (χ0n) is 12.8. The van der Waals surface area contributed by atoms with Crippen LogP contribution < -0.4 is 10.1 Å². The first-order valence-corrected chi connectivity index (χ1v) is 6.85. The van der Waals surface area contributed by atoms with Gasteiger partial charge >= 0.3 is 0 Å². The van der Waals surface area contributed by atoms with Crippen LogP contribution in [0.2, 0.25) is 0 Å². The maximum Gasteiger partial charge on any atom is 0.260 e. The Labute approximate surface area is 116 Å². The normalized spacial score (nSPS) is 14.1. The third-order valence-corrected chi connectivity index (χ3v) is 3.53. The fraction of sp³-hybridized carbons (Fsp3) is 0.562. The summed E-state index contributed by atoms with van der Waals surface area (Å²) in [5.74, 6) is 1.08. The third kappa shape index (κ3) is 4.58. The second kappa shape index (κ2) is 6.60. The summed E-state index contributed by atoms with van der Waals surface area (Å²) in [6.07, 6.45) is -0.483. The molecule has 1 N–H and O–H groups in total. The topological polar surface area (TPSA) is 38.3 Å². The summed E-state index contributed by atoms with van der Waals surface area (Å²) in [6.45, 7) is 12.0. The second-order valence-electron chi connectivity index (χ2n) is 5.55. The van der Waals surface area contributed by atoms with Crippen LogP contribution in [0, 0.1) is 19.8 Å². The maximum absolute atomic E-state index is 12.0. The predicted molar refractivity (Wildman–Crippen MR) is 78.4 cm³/mol. The second-order valence-corrected chi connectivity index (χ2v) is 5.55. The molecule has 1 rings (SSSR count). The Morgan fingerprint density at radius 3 is 2.26 bits per heavy atom. The van der Waals surface area contributed by atoms with E-state index in [-0.39, 0.29) is 11.9 Å². The Bertz CT molecular complexity index is 440. The average molecular weight is 263 g/mol. The van der Waals surface area contributed by atoms with Crippen LogP contribution in [0.25, 0.3) is 0 Å². The molecule has 0 bridgehead atoms. The molecule has 0 aliphatic heterocycles. The Kier molecular flexibility index (Phi) is 5.40. The van der Waals surface area contributed by atoms with Gasteiger partial charge in [-0.2, -0.15) is 0 Å². The molecule has 106 valence electrons. The quantitative estimate of drug-likeness (QED) is 0.885. The van der Waals surface area contributed by atoms with Gasteiger partial charge in [-0.1, -0.05) is 19.9 Å². The summed E-state index contributed by atoms with van der Waals surface area (Å²) < 4.78 is 5.68. The van der Waals surface area contributed by atoms with Crippen LogP contribution in [-0.4, -0.2) is 18.1 Å². The van der Waals surface area contributed by atoms with Crippen molar-refractivity contribution in [1.29, 1.82) is 0 Å². The number of carbonyl (C=O) groups is 1. The summed E-state index contributed by atoms with van der Waals surface area (Å²) in [7, 11) is 0. The van der Waals surface area contributed by atoms with Crippen LogP contribution in [0.5, 0.6) is 5.75 Å². The van der Waals surface area contributed by atoms with Gasteiger partial charge < -0.3 is 10.1 Å². The molecule has 0 fully saturated rings. The molecule has 3 nitrogen and oxygen atoms in total. The van der Waals surface area contributed by atoms with Gasteiger partial charge in [-0.05, 0) is 56.9 Å². The molecular weight excluding hydrogens is 238 g/mol. The van der Waals surface area contributed by atoms with Crippen molar-refractivity contribution in [3.8, 4) is 5.75 Å². The summed E-state index contributed by atoms with van der Waals surface area (Å²) >= 11 is 0. The molecule has 0 saturated carbocycles. The van der Waals surface area contributed by atoms with E-state index in [0.717, 1.165) is 5.75 Å². The molecular formula is C16H25NO2. The minimum atomic E-state index is -0.483. The molecule has 0 unspecified atom stereocenters. The smallest absolute Gasteiger partial charge is 0.260 e. The molecule has 0 spiro atoms. The average Bonchev–Trinajstić information content (AvgIpc) is 2.33. The lowest BCUT2D eigenvalue weighted by atomic mass is 10.1. The fourth-order valence-corrected chi connectivity index (χ4v) is 1.55. The Balaban J connectivity index is 2.61. The monoisotopic (exact) mass is 263 g/mol. The van der Waals surface area contributed by atoms with E-state index in [2.05, 4.69) is 26.1 Å². The zero-order valence-corrected chi connectivity index (χ0v) is 12.8. The first-order valence-electron chi connectivity index (χ1n) is 6.85. The number of rotatable bonds is 5. The van der Waals surface area contributed by atoms with Gasteiger partial charge in [0.2, 0.25) is 0 Å². The van der Waals surface area contributed by atoms with Crippen molar-refractivity contribution >= 4 is 5.91 Å². The molecule has 3 heteroatoms. The molecule has 0 aromatic heterocycles. The Morgan fingerprint density at radius 1 is 1.11 bits per heavy atom. The minimum Gasteiger partial charge on any atom is -0.481 e. The van der Waals surface area contributed by atoms with E-state index < -0.39 is 6.10 Å². The van der Waals surface area contributed by atoms with Gasteiger partial charge in [-0.15, -0.1) is 0 Å². The summed E-state index contributed by atoms with van der Waals surface area (Å²) in [5.41, 5.74) is 2.39. The summed E-state index contributed by atoms with van der Waals surface area (Å²) in [6, 6.07) is 6.02. The standard InChI is InChI=1S/C16H25NO2/c1-10(2)13(5)17-16(18)14(6)19-15-8-7-11(3)12(4)9-15/h7-10,13-14H,1-6H3,(H,17,18)/t13-,14-/m0/s1. The van der Waals surface area contributed by atoms with E-state index in [1.807, 2.05) is 32.0 Å². The van der Waals surface area contributed by atoms with E-state index in [1.54, 1.807) is 6.92 Å². The fourth-order valence-electron chi connectivity index (χ4n) is 1.55. The van der Waals surface area contributed by atoms with Gasteiger partial charge in [0.1, 0.15) is 5.75 Å². The van der Waals surface area contributed by atoms with Gasteiger partial charge in [0.15, 0.2) is 6.10 Å². The number of carbonyl (C=O) groups excluding carboxylic acids is 1. The van der Waals surface area contributed by atoms with Gasteiger partial charge in [-0.25, -0.2) is 0 Å². The zero-order chi connectivity index (χ0) is 14.6. The van der Waals surface area contributed by atoms with Crippen LogP contribution in [0.3, 0.4) is 0 Å². The van der Waals surface area contributed by atoms with Gasteiger partial charge in [0, 0.05) is 6.04 Å². The molecule has 0 aliphatic rings. The van der Waals surface area contributed by atoms with Crippen molar-refractivity contribution in [1.82, 2.24) is 5.32 Å². The molecule has 0 saturated heterocycles. The molecule has 1 aromatic carbocycles. The van der Waals surface area contributed by atoms with Crippen LogP contribution in [0.1, 0.15) is 38.8 Å². The van der Waals surface area contributed by atoms with Crippen molar-refractivity contribution in [2.45, 2.75) is 53.7 Å². The van der Waals surface area contributed by atoms with Crippen molar-refractivity contribution in [2.75, 3.05) is 0 Å². The molecule has 0 aliphatic carbocycles. The Morgan fingerprint density at radius 2 is 1.74 bits per heavy atom. The highest BCUT2D eigenvalue weighted by molar-refractivity contribution is 5.81. The minimum absolute atomic E-state index is 0.0700. The first kappa shape index (κ1) is 15.5. The van der Waals surface area contributed by atoms with Gasteiger partial charge in [0.25, 0.3) is 5.91 Å². The highest BCUT2D eigenvalue weighted by Gasteiger charge is 2.18. The van der Waals surface area contributed by atoms with Crippen molar-refractivity contribution in [2.24, 2.45) is 5.92 Å². The van der Waals surface area contributed by atoms with Crippen molar-refractivity contribution in [3.05, 3.63) is 29.3 Å². The Hall–Kier alpha value is -1.51. The summed E-state index contributed by atoms with van der Waals surface area (Å²) in [5, 5.41) is 2.96. The number of nitrogens with one attached hydrogen (secondary N) is 1.